The Morgan fingerprint density at radius 2 is 2.23 bits per heavy atom. The van der Waals surface area contributed by atoms with Gasteiger partial charge in [-0.15, -0.1) is 12.6 Å². The van der Waals surface area contributed by atoms with Crippen LogP contribution in [0.2, 0.25) is 0 Å². The van der Waals surface area contributed by atoms with Crippen molar-refractivity contribution in [1.82, 2.24) is 9.97 Å². The summed E-state index contributed by atoms with van der Waals surface area (Å²) in [6.07, 6.45) is 3.48. The summed E-state index contributed by atoms with van der Waals surface area (Å²) in [5.41, 5.74) is -0.0300. The molecule has 0 radical (unpaired) electrons. The van der Waals surface area contributed by atoms with E-state index in [1.165, 1.54) is 0 Å². The van der Waals surface area contributed by atoms with Crippen LogP contribution in [0.4, 0.5) is 5.95 Å². The third-order valence-electron chi connectivity index (χ3n) is 1.88. The predicted octanol–water partition coefficient (Wildman–Crippen LogP) is 0.569. The third-order valence-corrected chi connectivity index (χ3v) is 2.20. The first-order valence-electron chi connectivity index (χ1n) is 4.18. The molecule has 13 heavy (non-hydrogen) atoms. The molecule has 1 aliphatic heterocycles. The number of morpholine rings is 1. The molecule has 0 saturated carbocycles. The summed E-state index contributed by atoms with van der Waals surface area (Å²) in [4.78, 5) is 10.4. The van der Waals surface area contributed by atoms with Gasteiger partial charge < -0.3 is 9.64 Å². The number of thiol groups is 1. The zero-order valence-corrected chi connectivity index (χ0v) is 8.02. The Kier molecular flexibility index (Phi) is 2.65. The van der Waals surface area contributed by atoms with Crippen LogP contribution in [0.1, 0.15) is 0 Å². The van der Waals surface area contributed by atoms with Crippen molar-refractivity contribution in [1.29, 1.82) is 0 Å². The first-order chi connectivity index (χ1) is 6.36. The number of anilines is 1. The molecule has 5 heteroatoms. The van der Waals surface area contributed by atoms with Crippen molar-refractivity contribution >= 4 is 18.6 Å². The van der Waals surface area contributed by atoms with E-state index in [2.05, 4.69) is 27.5 Å². The number of aromatic nitrogens is 2. The van der Waals surface area contributed by atoms with Gasteiger partial charge in [-0.25, -0.2) is 9.97 Å². The van der Waals surface area contributed by atoms with Gasteiger partial charge in [0.2, 0.25) is 5.95 Å². The molecule has 0 spiro atoms. The van der Waals surface area contributed by atoms with Gasteiger partial charge in [0, 0.05) is 18.9 Å². The van der Waals surface area contributed by atoms with Crippen LogP contribution >= 0.6 is 12.6 Å². The van der Waals surface area contributed by atoms with E-state index in [-0.39, 0.29) is 5.44 Å². The van der Waals surface area contributed by atoms with E-state index in [9.17, 15) is 0 Å². The van der Waals surface area contributed by atoms with Gasteiger partial charge in [0.15, 0.2) is 0 Å². The van der Waals surface area contributed by atoms with E-state index in [4.69, 9.17) is 4.74 Å². The van der Waals surface area contributed by atoms with Gasteiger partial charge in [-0.05, 0) is 6.07 Å². The van der Waals surface area contributed by atoms with Crippen LogP contribution in [-0.2, 0) is 4.74 Å². The lowest BCUT2D eigenvalue weighted by Crippen LogP contribution is -2.41. The smallest absolute Gasteiger partial charge is 0.225 e. The lowest BCUT2D eigenvalue weighted by molar-refractivity contribution is 0.0990. The minimum Gasteiger partial charge on any atom is -0.364 e. The van der Waals surface area contributed by atoms with Gasteiger partial charge in [-0.1, -0.05) is 0 Å². The second kappa shape index (κ2) is 3.93. The Hall–Kier alpha value is -0.810. The summed E-state index contributed by atoms with van der Waals surface area (Å²) >= 11 is 4.25. The predicted molar refractivity (Wildman–Crippen MR) is 53.0 cm³/mol. The molecule has 1 saturated heterocycles. The highest BCUT2D eigenvalue weighted by atomic mass is 32.1. The molecule has 1 unspecified atom stereocenters. The maximum Gasteiger partial charge on any atom is 0.225 e. The second-order valence-electron chi connectivity index (χ2n) is 2.82. The SMILES string of the molecule is SC1CN(c2ncccn2)CCO1. The largest absolute Gasteiger partial charge is 0.364 e. The fourth-order valence-electron chi connectivity index (χ4n) is 1.27. The Bertz CT molecular complexity index is 269. The van der Waals surface area contributed by atoms with Crippen LogP contribution in [0, 0.1) is 0 Å². The van der Waals surface area contributed by atoms with Crippen molar-refractivity contribution in [3.05, 3.63) is 18.5 Å². The van der Waals surface area contributed by atoms with Crippen LogP contribution in [-0.4, -0.2) is 35.1 Å². The van der Waals surface area contributed by atoms with Crippen LogP contribution in [0.3, 0.4) is 0 Å². The molecule has 70 valence electrons. The molecular formula is C8H11N3OS. The fourth-order valence-corrected chi connectivity index (χ4v) is 1.57. The number of ether oxygens (including phenoxy) is 1. The first kappa shape index (κ1) is 8.77. The van der Waals surface area contributed by atoms with Gasteiger partial charge in [-0.2, -0.15) is 0 Å². The molecular weight excluding hydrogens is 186 g/mol. The van der Waals surface area contributed by atoms with E-state index in [1.807, 2.05) is 6.07 Å². The zero-order valence-electron chi connectivity index (χ0n) is 7.13. The Morgan fingerprint density at radius 1 is 1.46 bits per heavy atom. The number of hydrogen-bond acceptors (Lipinski definition) is 5. The highest BCUT2D eigenvalue weighted by Crippen LogP contribution is 2.13. The first-order valence-corrected chi connectivity index (χ1v) is 4.69. The average molecular weight is 197 g/mol. The highest BCUT2D eigenvalue weighted by Gasteiger charge is 2.18. The molecule has 1 aromatic heterocycles. The van der Waals surface area contributed by atoms with Crippen molar-refractivity contribution in [2.45, 2.75) is 5.44 Å². The lowest BCUT2D eigenvalue weighted by Gasteiger charge is -2.30. The maximum atomic E-state index is 5.30. The minimum absolute atomic E-state index is 0.0300. The molecule has 1 aromatic rings. The summed E-state index contributed by atoms with van der Waals surface area (Å²) < 4.78 is 5.30. The van der Waals surface area contributed by atoms with Crippen molar-refractivity contribution in [3.8, 4) is 0 Å². The van der Waals surface area contributed by atoms with E-state index < -0.39 is 0 Å². The van der Waals surface area contributed by atoms with E-state index in [1.54, 1.807) is 12.4 Å². The topological polar surface area (TPSA) is 38.2 Å². The quantitative estimate of drug-likeness (QED) is 0.668. The Labute approximate surface area is 82.4 Å². The number of nitrogens with zero attached hydrogens (tertiary/aromatic N) is 3. The molecule has 1 fully saturated rings. The normalized spacial score (nSPS) is 23.2. The molecule has 0 aliphatic carbocycles. The summed E-state index contributed by atoms with van der Waals surface area (Å²) in [7, 11) is 0. The summed E-state index contributed by atoms with van der Waals surface area (Å²) in [6, 6.07) is 1.81. The van der Waals surface area contributed by atoms with Crippen LogP contribution in [0.25, 0.3) is 0 Å². The van der Waals surface area contributed by atoms with Crippen LogP contribution in [0.15, 0.2) is 18.5 Å². The van der Waals surface area contributed by atoms with E-state index in [0.717, 1.165) is 19.0 Å². The number of rotatable bonds is 1. The second-order valence-corrected chi connectivity index (χ2v) is 3.40. The lowest BCUT2D eigenvalue weighted by atomic mass is 10.4. The minimum atomic E-state index is -0.0300. The van der Waals surface area contributed by atoms with Gasteiger partial charge in [0.1, 0.15) is 5.44 Å². The summed E-state index contributed by atoms with van der Waals surface area (Å²) in [5.74, 6) is 0.754. The van der Waals surface area contributed by atoms with Crippen molar-refractivity contribution in [2.75, 3.05) is 24.6 Å². The molecule has 1 atom stereocenters. The molecule has 0 bridgehead atoms. The maximum absolute atomic E-state index is 5.30. The summed E-state index contributed by atoms with van der Waals surface area (Å²) in [6.45, 7) is 2.26. The molecule has 0 amide bonds. The zero-order chi connectivity index (χ0) is 9.10. The highest BCUT2D eigenvalue weighted by molar-refractivity contribution is 7.80. The van der Waals surface area contributed by atoms with E-state index >= 15 is 0 Å². The molecule has 0 aromatic carbocycles. The standard InChI is InChI=1S/C8H11N3OS/c13-7-6-11(4-5-12-7)8-9-2-1-3-10-8/h1-3,7,13H,4-6H2. The van der Waals surface area contributed by atoms with Crippen molar-refractivity contribution in [2.24, 2.45) is 0 Å². The van der Waals surface area contributed by atoms with Gasteiger partial charge in [0.05, 0.1) is 13.2 Å². The Balaban J connectivity index is 2.08. The van der Waals surface area contributed by atoms with Gasteiger partial charge >= 0.3 is 0 Å². The van der Waals surface area contributed by atoms with E-state index in [0.29, 0.717) is 6.61 Å². The van der Waals surface area contributed by atoms with Gasteiger partial charge in [-0.3, -0.25) is 0 Å². The van der Waals surface area contributed by atoms with Gasteiger partial charge in [0.25, 0.3) is 0 Å². The molecule has 1 aliphatic rings. The fraction of sp³-hybridized carbons (Fsp3) is 0.500. The molecule has 2 heterocycles. The molecule has 2 rings (SSSR count). The molecule has 0 N–H and O–H groups in total. The van der Waals surface area contributed by atoms with Crippen LogP contribution in [0.5, 0.6) is 0 Å². The van der Waals surface area contributed by atoms with Crippen LogP contribution < -0.4 is 4.90 Å². The third kappa shape index (κ3) is 2.10. The average Bonchev–Trinajstić information content (AvgIpc) is 2.19. The summed E-state index contributed by atoms with van der Waals surface area (Å²) in [5, 5.41) is 0. The Morgan fingerprint density at radius 3 is 2.92 bits per heavy atom. The van der Waals surface area contributed by atoms with Crippen molar-refractivity contribution in [3.63, 3.8) is 0 Å². The molecule has 4 nitrogen and oxygen atoms in total. The monoisotopic (exact) mass is 197 g/mol. The van der Waals surface area contributed by atoms with Crippen molar-refractivity contribution < 1.29 is 4.74 Å². The number of hydrogen-bond donors (Lipinski definition) is 1.